The molecule has 0 saturated carbocycles. The maximum absolute atomic E-state index is 13.0. The number of fused-ring (bicyclic) bond motifs is 2. The lowest BCUT2D eigenvalue weighted by Crippen LogP contribution is -2.66. The van der Waals surface area contributed by atoms with Crippen LogP contribution in [-0.2, 0) is 23.8 Å². The Balaban J connectivity index is 1.81. The smallest absolute Gasteiger partial charge is 0.411 e. The average molecular weight is 357 g/mol. The molecule has 136 valence electrons. The molecule has 3 aliphatic heterocycles. The minimum atomic E-state index is -1.66. The van der Waals surface area contributed by atoms with Gasteiger partial charge in [-0.1, -0.05) is 36.4 Å². The first kappa shape index (κ1) is 16.8. The van der Waals surface area contributed by atoms with E-state index in [9.17, 15) is 14.4 Å². The Hall–Kier alpha value is -2.67. The highest BCUT2D eigenvalue weighted by molar-refractivity contribution is 6.00. The van der Waals surface area contributed by atoms with Crippen molar-refractivity contribution in [1.29, 1.82) is 0 Å². The second kappa shape index (κ2) is 5.67. The Kier molecular flexibility index (Phi) is 3.66. The lowest BCUT2D eigenvalue weighted by molar-refractivity contribution is -0.194. The van der Waals surface area contributed by atoms with Gasteiger partial charge >= 0.3 is 12.1 Å². The standard InChI is InChI=1S/C19H19NO6/c1-18-8-9-19(26-18,16(22)24-2)15(14(21)10-18)20-13(11-25-17(20)23)12-6-4-3-5-7-12/h3-9,13,15H,10-11H2,1-2H3. The predicted octanol–water partition coefficient (Wildman–Crippen LogP) is 1.78. The summed E-state index contributed by atoms with van der Waals surface area (Å²) in [7, 11) is 1.23. The number of Topliss-reactive ketones (excluding diaryl/α,β-unsaturated/α-hetero) is 1. The van der Waals surface area contributed by atoms with Crippen LogP contribution in [0.5, 0.6) is 0 Å². The molecule has 0 aliphatic carbocycles. The molecule has 3 heterocycles. The zero-order valence-electron chi connectivity index (χ0n) is 14.5. The van der Waals surface area contributed by atoms with E-state index in [-0.39, 0.29) is 18.8 Å². The van der Waals surface area contributed by atoms with Crippen molar-refractivity contribution in [3.8, 4) is 0 Å². The third kappa shape index (κ3) is 2.27. The Labute approximate surface area is 150 Å². The molecular weight excluding hydrogens is 338 g/mol. The van der Waals surface area contributed by atoms with Crippen molar-refractivity contribution >= 4 is 17.8 Å². The van der Waals surface area contributed by atoms with E-state index in [4.69, 9.17) is 14.2 Å². The second-order valence-corrected chi connectivity index (χ2v) is 6.99. The molecule has 1 amide bonds. The van der Waals surface area contributed by atoms with Crippen molar-refractivity contribution in [1.82, 2.24) is 4.90 Å². The summed E-state index contributed by atoms with van der Waals surface area (Å²) in [5.74, 6) is -0.962. The van der Waals surface area contributed by atoms with Gasteiger partial charge in [-0.3, -0.25) is 9.69 Å². The number of carbonyl (C=O) groups excluding carboxylic acids is 3. The van der Waals surface area contributed by atoms with E-state index in [1.54, 1.807) is 19.1 Å². The fourth-order valence-electron chi connectivity index (χ4n) is 4.07. The van der Waals surface area contributed by atoms with Crippen molar-refractivity contribution in [2.24, 2.45) is 0 Å². The highest BCUT2D eigenvalue weighted by Crippen LogP contribution is 2.47. The van der Waals surface area contributed by atoms with Crippen molar-refractivity contribution < 1.29 is 28.6 Å². The summed E-state index contributed by atoms with van der Waals surface area (Å²) < 4.78 is 16.1. The number of benzene rings is 1. The van der Waals surface area contributed by atoms with Crippen LogP contribution in [0.1, 0.15) is 24.9 Å². The minimum Gasteiger partial charge on any atom is -0.467 e. The van der Waals surface area contributed by atoms with Crippen LogP contribution in [0, 0.1) is 0 Å². The van der Waals surface area contributed by atoms with E-state index >= 15 is 0 Å². The van der Waals surface area contributed by atoms with Gasteiger partial charge in [0.25, 0.3) is 0 Å². The normalized spacial score (nSPS) is 35.5. The summed E-state index contributed by atoms with van der Waals surface area (Å²) in [6.07, 6.45) is 2.66. The Morgan fingerprint density at radius 3 is 2.65 bits per heavy atom. The highest BCUT2D eigenvalue weighted by atomic mass is 16.6. The number of methoxy groups -OCH3 is 1. The van der Waals surface area contributed by atoms with Crippen molar-refractivity contribution in [3.05, 3.63) is 48.0 Å². The molecule has 0 radical (unpaired) electrons. The summed E-state index contributed by atoms with van der Waals surface area (Å²) in [5.41, 5.74) is -1.72. The first-order valence-electron chi connectivity index (χ1n) is 8.42. The topological polar surface area (TPSA) is 82.1 Å². The van der Waals surface area contributed by atoms with Crippen molar-refractivity contribution in [2.45, 2.75) is 36.6 Å². The van der Waals surface area contributed by atoms with Crippen LogP contribution in [0.25, 0.3) is 0 Å². The maximum atomic E-state index is 13.0. The summed E-state index contributed by atoms with van der Waals surface area (Å²) in [5, 5.41) is 0. The molecule has 0 aromatic heterocycles. The molecule has 7 nitrogen and oxygen atoms in total. The average Bonchev–Trinajstić information content (AvgIpc) is 3.14. The molecule has 4 unspecified atom stereocenters. The molecule has 1 aromatic rings. The van der Waals surface area contributed by atoms with E-state index in [1.807, 2.05) is 30.3 Å². The van der Waals surface area contributed by atoms with Gasteiger partial charge in [-0.15, -0.1) is 0 Å². The molecule has 1 aromatic carbocycles. The fourth-order valence-corrected chi connectivity index (χ4v) is 4.07. The molecule has 0 N–H and O–H groups in total. The number of cyclic esters (lactones) is 1. The number of ether oxygens (including phenoxy) is 3. The number of carbonyl (C=O) groups is 3. The third-order valence-electron chi connectivity index (χ3n) is 5.20. The summed E-state index contributed by atoms with van der Waals surface area (Å²) >= 11 is 0. The number of amides is 1. The van der Waals surface area contributed by atoms with Crippen molar-refractivity contribution in [2.75, 3.05) is 13.7 Å². The molecule has 2 saturated heterocycles. The van der Waals surface area contributed by atoms with Crippen LogP contribution in [0.3, 0.4) is 0 Å². The van der Waals surface area contributed by atoms with Crippen LogP contribution in [0.15, 0.2) is 42.5 Å². The van der Waals surface area contributed by atoms with Gasteiger partial charge in [-0.25, -0.2) is 9.59 Å². The van der Waals surface area contributed by atoms with Gasteiger partial charge in [0.05, 0.1) is 18.8 Å². The first-order valence-corrected chi connectivity index (χ1v) is 8.42. The maximum Gasteiger partial charge on any atom is 0.411 e. The largest absolute Gasteiger partial charge is 0.467 e. The Bertz CT molecular complexity index is 806. The molecule has 2 fully saturated rings. The van der Waals surface area contributed by atoms with Gasteiger partial charge in [-0.05, 0) is 18.6 Å². The quantitative estimate of drug-likeness (QED) is 0.606. The zero-order chi connectivity index (χ0) is 18.5. The number of rotatable bonds is 3. The Morgan fingerprint density at radius 2 is 1.96 bits per heavy atom. The molecule has 7 heteroatoms. The molecule has 26 heavy (non-hydrogen) atoms. The summed E-state index contributed by atoms with van der Waals surface area (Å²) in [6, 6.07) is 7.64. The highest BCUT2D eigenvalue weighted by Gasteiger charge is 2.65. The van der Waals surface area contributed by atoms with Gasteiger partial charge in [0, 0.05) is 6.42 Å². The lowest BCUT2D eigenvalue weighted by atomic mass is 9.84. The van der Waals surface area contributed by atoms with Crippen LogP contribution in [0.2, 0.25) is 0 Å². The molecule has 4 atom stereocenters. The SMILES string of the molecule is COC(=O)C12C=CC(C)(CC(=O)C1N1C(=O)OCC1c1ccccc1)O2. The molecule has 3 aliphatic rings. The molecule has 2 bridgehead atoms. The number of esters is 1. The van der Waals surface area contributed by atoms with Gasteiger partial charge in [-0.2, -0.15) is 0 Å². The van der Waals surface area contributed by atoms with Crippen LogP contribution < -0.4 is 0 Å². The molecule has 0 spiro atoms. The third-order valence-corrected chi connectivity index (χ3v) is 5.20. The van der Waals surface area contributed by atoms with Gasteiger partial charge < -0.3 is 14.2 Å². The van der Waals surface area contributed by atoms with Gasteiger partial charge in [0.15, 0.2) is 5.78 Å². The van der Waals surface area contributed by atoms with Gasteiger partial charge in [0.2, 0.25) is 5.60 Å². The number of ketones is 1. The second-order valence-electron chi connectivity index (χ2n) is 6.99. The number of hydrogen-bond acceptors (Lipinski definition) is 6. The number of hydrogen-bond donors (Lipinski definition) is 0. The lowest BCUT2D eigenvalue weighted by Gasteiger charge is -2.45. The summed E-state index contributed by atoms with van der Waals surface area (Å²) in [6.45, 7) is 1.84. The van der Waals surface area contributed by atoms with E-state index in [0.29, 0.717) is 0 Å². The van der Waals surface area contributed by atoms with E-state index < -0.39 is 35.3 Å². The van der Waals surface area contributed by atoms with Crippen LogP contribution in [0.4, 0.5) is 4.79 Å². The summed E-state index contributed by atoms with van der Waals surface area (Å²) in [4.78, 5) is 39.5. The monoisotopic (exact) mass is 357 g/mol. The minimum absolute atomic E-state index is 0.0677. The van der Waals surface area contributed by atoms with E-state index in [1.165, 1.54) is 12.0 Å². The number of nitrogens with zero attached hydrogens (tertiary/aromatic N) is 1. The predicted molar refractivity (Wildman–Crippen MR) is 89.2 cm³/mol. The van der Waals surface area contributed by atoms with Gasteiger partial charge in [0.1, 0.15) is 12.6 Å². The van der Waals surface area contributed by atoms with E-state index in [2.05, 4.69) is 0 Å². The molecule has 4 rings (SSSR count). The zero-order valence-corrected chi connectivity index (χ0v) is 14.5. The molecular formula is C19H19NO6. The Morgan fingerprint density at radius 1 is 1.23 bits per heavy atom. The first-order chi connectivity index (χ1) is 12.4. The van der Waals surface area contributed by atoms with E-state index in [0.717, 1.165) is 5.56 Å². The van der Waals surface area contributed by atoms with Crippen LogP contribution >= 0.6 is 0 Å². The van der Waals surface area contributed by atoms with Crippen LogP contribution in [-0.4, -0.2) is 53.7 Å². The fraction of sp³-hybridized carbons (Fsp3) is 0.421. The van der Waals surface area contributed by atoms with Crippen molar-refractivity contribution in [3.63, 3.8) is 0 Å².